The Morgan fingerprint density at radius 1 is 0.417 bits per heavy atom. The Morgan fingerprint density at radius 3 is 0.875 bits per heavy atom. The fourth-order valence-corrected chi connectivity index (χ4v) is 9.49. The van der Waals surface area contributed by atoms with E-state index in [1.165, 1.54) is 217 Å². The summed E-state index contributed by atoms with van der Waals surface area (Å²) in [5.41, 5.74) is -1.23. The Kier molecular flexibility index (Phi) is 36.7. The van der Waals surface area contributed by atoms with E-state index >= 15 is 0 Å². The molecule has 1 aromatic rings. The van der Waals surface area contributed by atoms with Gasteiger partial charge in [-0.3, -0.25) is 0 Å². The fourth-order valence-electron chi connectivity index (χ4n) is 6.95. The molecule has 0 aliphatic rings. The predicted molar refractivity (Wildman–Crippen MR) is 213 cm³/mol. The number of unbranched alkanes of at least 4 members (excludes halogenated alkanes) is 30. The van der Waals surface area contributed by atoms with Gasteiger partial charge in [-0.2, -0.15) is 5.69 Å². The van der Waals surface area contributed by atoms with Gasteiger partial charge in [-0.05, 0) is 48.9 Å². The van der Waals surface area contributed by atoms with E-state index in [9.17, 15) is 9.79 Å². The summed E-state index contributed by atoms with van der Waals surface area (Å²) in [7, 11) is 0. The van der Waals surface area contributed by atoms with Crippen LogP contribution in [-0.2, 0) is 44.1 Å². The maximum Gasteiger partial charge on any atom is 2.00 e. The molecular weight excluding hydrogens is 697 g/mol. The molecule has 276 valence electrons. The third kappa shape index (κ3) is 33.9. The topological polar surface area (TPSA) is 46.1 Å². The SMILES string of the molecule is CCCCCCCCCCCCCCCCCCc1cc(CCCCCCCCCCCCCCCCCC)cc(SP([O-])([O-])=S)c1.[Zn+2]. The molecule has 0 N–H and O–H groups in total. The van der Waals surface area contributed by atoms with Crippen LogP contribution in [0.2, 0.25) is 0 Å². The second kappa shape index (κ2) is 36.1. The molecule has 0 fully saturated rings. The number of rotatable bonds is 36. The zero-order valence-corrected chi connectivity index (χ0v) is 37.6. The van der Waals surface area contributed by atoms with Crippen molar-refractivity contribution >= 4 is 28.9 Å². The Morgan fingerprint density at radius 2 is 0.646 bits per heavy atom. The van der Waals surface area contributed by atoms with Gasteiger partial charge < -0.3 is 9.79 Å². The summed E-state index contributed by atoms with van der Waals surface area (Å²) in [6, 6.07) is 6.48. The average Bonchev–Trinajstić information content (AvgIpc) is 3.03. The van der Waals surface area contributed by atoms with Crippen LogP contribution in [0.25, 0.3) is 0 Å². The normalized spacial score (nSPS) is 11.7. The van der Waals surface area contributed by atoms with Crippen LogP contribution >= 0.6 is 17.1 Å². The third-order valence-corrected chi connectivity index (χ3v) is 12.5. The van der Waals surface area contributed by atoms with Crippen LogP contribution in [0.4, 0.5) is 0 Å². The molecule has 0 aliphatic carbocycles. The van der Waals surface area contributed by atoms with Gasteiger partial charge in [0.05, 0.1) is 0 Å². The van der Waals surface area contributed by atoms with Crippen molar-refractivity contribution in [2.45, 2.75) is 237 Å². The Hall–Kier alpha value is 0.763. The molecule has 1 rings (SSSR count). The Bertz CT molecular complexity index is 808. The molecule has 6 heteroatoms. The van der Waals surface area contributed by atoms with Crippen LogP contribution in [0.3, 0.4) is 0 Å². The van der Waals surface area contributed by atoms with Crippen molar-refractivity contribution in [1.29, 1.82) is 0 Å². The van der Waals surface area contributed by atoms with E-state index in [1.54, 1.807) is 0 Å². The molecule has 0 aliphatic heterocycles. The van der Waals surface area contributed by atoms with Crippen molar-refractivity contribution in [3.8, 4) is 0 Å². The van der Waals surface area contributed by atoms with Crippen LogP contribution in [0.1, 0.15) is 230 Å². The molecule has 0 saturated carbocycles. The quantitative estimate of drug-likeness (QED) is 0.0387. The van der Waals surface area contributed by atoms with E-state index in [0.29, 0.717) is 0 Å². The van der Waals surface area contributed by atoms with Crippen molar-refractivity contribution < 1.29 is 29.3 Å². The van der Waals surface area contributed by atoms with Gasteiger partial charge in [0.15, 0.2) is 0 Å². The van der Waals surface area contributed by atoms with E-state index in [2.05, 4.69) is 32.0 Å². The molecule has 48 heavy (non-hydrogen) atoms. The minimum absolute atomic E-state index is 0. The minimum atomic E-state index is -3.81. The first kappa shape index (κ1) is 48.8. The van der Waals surface area contributed by atoms with Crippen LogP contribution in [-0.4, -0.2) is 0 Å². The molecular formula is C42H77O2PS2Zn. The van der Waals surface area contributed by atoms with Gasteiger partial charge in [-0.15, -0.1) is 23.2 Å². The van der Waals surface area contributed by atoms with Gasteiger partial charge in [0, 0.05) is 4.90 Å². The van der Waals surface area contributed by atoms with Gasteiger partial charge in [0.1, 0.15) is 0 Å². The summed E-state index contributed by atoms with van der Waals surface area (Å²) >= 11 is 5.61. The van der Waals surface area contributed by atoms with Crippen LogP contribution in [0, 0.1) is 0 Å². The Balaban J connectivity index is 0.0000221. The molecule has 0 aromatic heterocycles. The van der Waals surface area contributed by atoms with Gasteiger partial charge in [0.25, 0.3) is 0 Å². The summed E-state index contributed by atoms with van der Waals surface area (Å²) in [4.78, 5) is 24.5. The monoisotopic (exact) mass is 772 g/mol. The number of benzene rings is 1. The molecule has 1 aromatic carbocycles. The van der Waals surface area contributed by atoms with Crippen molar-refractivity contribution in [3.63, 3.8) is 0 Å². The molecule has 0 spiro atoms. The molecule has 0 unspecified atom stereocenters. The third-order valence-electron chi connectivity index (χ3n) is 9.88. The van der Waals surface area contributed by atoms with Crippen LogP contribution in [0.5, 0.6) is 0 Å². The predicted octanol–water partition coefficient (Wildman–Crippen LogP) is 14.3. The van der Waals surface area contributed by atoms with Gasteiger partial charge >= 0.3 is 19.5 Å². The van der Waals surface area contributed by atoms with Crippen molar-refractivity contribution in [2.75, 3.05) is 0 Å². The second-order valence-corrected chi connectivity index (χ2v) is 20.3. The fraction of sp³-hybridized carbons (Fsp3) is 0.857. The molecule has 0 heterocycles. The van der Waals surface area contributed by atoms with E-state index in [0.717, 1.165) is 29.1 Å². The largest absolute Gasteiger partial charge is 2.00 e. The Labute approximate surface area is 322 Å². The summed E-state index contributed by atoms with van der Waals surface area (Å²) in [5, 5.41) is 0. The first-order valence-corrected chi connectivity index (χ1v) is 24.8. The van der Waals surface area contributed by atoms with Crippen LogP contribution in [0.15, 0.2) is 23.1 Å². The zero-order chi connectivity index (χ0) is 34.1. The number of hydrogen-bond donors (Lipinski definition) is 0. The molecule has 0 bridgehead atoms. The van der Waals surface area contributed by atoms with E-state index in [4.69, 9.17) is 11.8 Å². The number of hydrogen-bond acceptors (Lipinski definition) is 4. The molecule has 0 saturated heterocycles. The average molecular weight is 775 g/mol. The van der Waals surface area contributed by atoms with E-state index in [-0.39, 0.29) is 19.5 Å². The summed E-state index contributed by atoms with van der Waals surface area (Å²) in [6.07, 6.45) is 46.3. The standard InChI is InChI=1S/C42H79O2PS2.Zn/c1-3-5-7-9-11-13-15-17-19-21-23-25-27-29-31-33-35-40-37-41(39-42(38-40)47-45(43,44)46)36-34-32-30-28-26-24-22-20-18-16-14-12-10-8-6-4-2;/h37-39H,3-36H2,1-2H3,(H2,43,44,46);/q;+2/p-2. The van der Waals surface area contributed by atoms with Crippen molar-refractivity contribution in [1.82, 2.24) is 0 Å². The van der Waals surface area contributed by atoms with E-state index < -0.39 is 5.69 Å². The summed E-state index contributed by atoms with van der Waals surface area (Å²) in [5.74, 6) is 0. The van der Waals surface area contributed by atoms with Crippen LogP contribution < -0.4 is 9.79 Å². The van der Waals surface area contributed by atoms with E-state index in [1.807, 2.05) is 0 Å². The summed E-state index contributed by atoms with van der Waals surface area (Å²) < 4.78 is 0. The molecule has 0 radical (unpaired) electrons. The molecule has 0 amide bonds. The maximum absolute atomic E-state index is 11.9. The molecule has 2 nitrogen and oxygen atoms in total. The minimum Gasteiger partial charge on any atom is -0.824 e. The maximum atomic E-state index is 11.9. The van der Waals surface area contributed by atoms with Gasteiger partial charge in [0.2, 0.25) is 0 Å². The second-order valence-electron chi connectivity index (χ2n) is 14.6. The first-order valence-electron chi connectivity index (χ1n) is 20.8. The van der Waals surface area contributed by atoms with Crippen molar-refractivity contribution in [2.24, 2.45) is 0 Å². The zero-order valence-electron chi connectivity index (χ0n) is 32.1. The smallest absolute Gasteiger partial charge is 0.824 e. The number of aryl methyl sites for hydroxylation is 2. The van der Waals surface area contributed by atoms with Gasteiger partial charge in [-0.25, -0.2) is 0 Å². The molecule has 0 atom stereocenters. The summed E-state index contributed by atoms with van der Waals surface area (Å²) in [6.45, 7) is 4.58. The van der Waals surface area contributed by atoms with Gasteiger partial charge in [-0.1, -0.05) is 213 Å². The first-order chi connectivity index (χ1) is 22.9. The van der Waals surface area contributed by atoms with Crippen molar-refractivity contribution in [3.05, 3.63) is 29.3 Å².